The third-order valence-corrected chi connectivity index (χ3v) is 3.63. The minimum Gasteiger partial charge on any atom is -0.477 e. The van der Waals surface area contributed by atoms with Crippen LogP contribution >= 0.6 is 0 Å². The van der Waals surface area contributed by atoms with Crippen LogP contribution < -0.4 is 5.32 Å². The van der Waals surface area contributed by atoms with Gasteiger partial charge in [-0.3, -0.25) is 9.48 Å². The number of aromatic nitrogens is 2. The van der Waals surface area contributed by atoms with Crippen LogP contribution in [0.4, 0.5) is 0 Å². The number of hydrogen-bond acceptors (Lipinski definition) is 3. The zero-order valence-electron chi connectivity index (χ0n) is 13.0. The fourth-order valence-corrected chi connectivity index (χ4v) is 2.52. The molecule has 0 saturated heterocycles. The molecular weight excluding hydrogens is 282 g/mol. The molecule has 0 aliphatic rings. The number of carboxylic acids is 1. The number of nitrogens with zero attached hydrogens (tertiary/aromatic N) is 2. The highest BCUT2D eigenvalue weighted by Gasteiger charge is 2.23. The number of benzene rings is 1. The van der Waals surface area contributed by atoms with Gasteiger partial charge in [0.05, 0.1) is 17.8 Å². The number of aromatic carboxylic acids is 1. The van der Waals surface area contributed by atoms with Crippen LogP contribution in [-0.4, -0.2) is 26.8 Å². The van der Waals surface area contributed by atoms with Gasteiger partial charge in [0.2, 0.25) is 0 Å². The van der Waals surface area contributed by atoms with Crippen LogP contribution in [0.5, 0.6) is 0 Å². The maximum Gasteiger partial charge on any atom is 0.354 e. The minimum absolute atomic E-state index is 0.0617. The number of nitrogens with one attached hydrogen (secondary N) is 1. The molecule has 0 aliphatic carbocycles. The molecule has 2 N–H and O–H groups in total. The van der Waals surface area contributed by atoms with Crippen molar-refractivity contribution in [3.8, 4) is 0 Å². The number of carbonyl (C=O) groups is 2. The Hall–Kier alpha value is -2.63. The molecule has 1 aromatic carbocycles. The van der Waals surface area contributed by atoms with Crippen molar-refractivity contribution >= 4 is 11.9 Å². The second-order valence-corrected chi connectivity index (χ2v) is 5.39. The molecule has 0 spiro atoms. The first kappa shape index (κ1) is 15.8. The molecule has 0 saturated carbocycles. The Bertz CT molecular complexity index is 734. The topological polar surface area (TPSA) is 84.2 Å². The van der Waals surface area contributed by atoms with Crippen LogP contribution in [0, 0.1) is 13.8 Å². The minimum atomic E-state index is -1.18. The second kappa shape index (κ2) is 6.01. The Morgan fingerprint density at radius 3 is 2.59 bits per heavy atom. The Kier molecular flexibility index (Phi) is 4.30. The fourth-order valence-electron chi connectivity index (χ4n) is 2.52. The molecule has 0 bridgehead atoms. The lowest BCUT2D eigenvalue weighted by molar-refractivity contribution is 0.0678. The molecule has 0 radical (unpaired) electrons. The SMILES string of the molecule is Cc1ccc(C(C)NC(=O)c2cnn(C)c2C(=O)O)c(C)c1. The molecule has 0 aliphatic heterocycles. The van der Waals surface area contributed by atoms with Gasteiger partial charge in [0.1, 0.15) is 0 Å². The average Bonchev–Trinajstić information content (AvgIpc) is 2.80. The molecule has 2 rings (SSSR count). The third-order valence-electron chi connectivity index (χ3n) is 3.63. The van der Waals surface area contributed by atoms with E-state index in [4.69, 9.17) is 5.11 Å². The van der Waals surface area contributed by atoms with E-state index >= 15 is 0 Å². The summed E-state index contributed by atoms with van der Waals surface area (Å²) in [5, 5.41) is 15.8. The molecular formula is C16H19N3O3. The van der Waals surface area contributed by atoms with Crippen LogP contribution in [0.2, 0.25) is 0 Å². The van der Waals surface area contributed by atoms with E-state index in [0.717, 1.165) is 16.7 Å². The number of hydrogen-bond donors (Lipinski definition) is 2. The summed E-state index contributed by atoms with van der Waals surface area (Å²) in [6.45, 7) is 5.86. The Morgan fingerprint density at radius 2 is 2.00 bits per heavy atom. The molecule has 22 heavy (non-hydrogen) atoms. The molecule has 1 unspecified atom stereocenters. The Balaban J connectivity index is 2.23. The number of carbonyl (C=O) groups excluding carboxylic acids is 1. The summed E-state index contributed by atoms with van der Waals surface area (Å²) in [5.74, 6) is -1.62. The summed E-state index contributed by atoms with van der Waals surface area (Å²) >= 11 is 0. The van der Waals surface area contributed by atoms with E-state index in [1.54, 1.807) is 0 Å². The normalized spacial score (nSPS) is 12.0. The highest BCUT2D eigenvalue weighted by molar-refractivity contribution is 6.03. The molecule has 1 amide bonds. The first-order valence-corrected chi connectivity index (χ1v) is 6.94. The summed E-state index contributed by atoms with van der Waals surface area (Å²) in [6, 6.07) is 5.77. The van der Waals surface area contributed by atoms with Gasteiger partial charge in [0.15, 0.2) is 5.69 Å². The van der Waals surface area contributed by atoms with Gasteiger partial charge in [0, 0.05) is 7.05 Å². The predicted octanol–water partition coefficient (Wildman–Crippen LogP) is 2.23. The van der Waals surface area contributed by atoms with Gasteiger partial charge in [-0.25, -0.2) is 4.79 Å². The van der Waals surface area contributed by atoms with Gasteiger partial charge in [-0.1, -0.05) is 23.8 Å². The highest BCUT2D eigenvalue weighted by Crippen LogP contribution is 2.19. The van der Waals surface area contributed by atoms with Gasteiger partial charge >= 0.3 is 5.97 Å². The molecule has 116 valence electrons. The zero-order valence-corrected chi connectivity index (χ0v) is 13.0. The third kappa shape index (κ3) is 3.00. The summed E-state index contributed by atoms with van der Waals surface area (Å²) in [7, 11) is 1.49. The van der Waals surface area contributed by atoms with E-state index in [1.165, 1.54) is 17.9 Å². The van der Waals surface area contributed by atoms with E-state index in [-0.39, 0.29) is 17.3 Å². The Morgan fingerprint density at radius 1 is 1.32 bits per heavy atom. The number of carboxylic acid groups (broad SMARTS) is 1. The molecule has 1 atom stereocenters. The first-order valence-electron chi connectivity index (χ1n) is 6.94. The fraction of sp³-hybridized carbons (Fsp3) is 0.312. The highest BCUT2D eigenvalue weighted by atomic mass is 16.4. The molecule has 2 aromatic rings. The van der Waals surface area contributed by atoms with E-state index in [9.17, 15) is 9.59 Å². The van der Waals surface area contributed by atoms with Crippen molar-refractivity contribution < 1.29 is 14.7 Å². The lowest BCUT2D eigenvalue weighted by atomic mass is 10.00. The van der Waals surface area contributed by atoms with Crippen molar-refractivity contribution in [2.75, 3.05) is 0 Å². The lowest BCUT2D eigenvalue weighted by Gasteiger charge is -2.17. The van der Waals surface area contributed by atoms with Crippen LogP contribution in [0.15, 0.2) is 24.4 Å². The van der Waals surface area contributed by atoms with Crippen LogP contribution in [-0.2, 0) is 7.05 Å². The second-order valence-electron chi connectivity index (χ2n) is 5.39. The van der Waals surface area contributed by atoms with Crippen molar-refractivity contribution in [2.45, 2.75) is 26.8 Å². The molecule has 6 nitrogen and oxygen atoms in total. The maximum absolute atomic E-state index is 12.3. The number of amides is 1. The van der Waals surface area contributed by atoms with Gasteiger partial charge in [-0.2, -0.15) is 5.10 Å². The van der Waals surface area contributed by atoms with Gasteiger partial charge in [-0.05, 0) is 31.9 Å². The van der Waals surface area contributed by atoms with Gasteiger partial charge < -0.3 is 10.4 Å². The first-order chi connectivity index (χ1) is 10.3. The van der Waals surface area contributed by atoms with Crippen molar-refractivity contribution in [2.24, 2.45) is 7.05 Å². The van der Waals surface area contributed by atoms with Crippen molar-refractivity contribution in [3.63, 3.8) is 0 Å². The smallest absolute Gasteiger partial charge is 0.354 e. The van der Waals surface area contributed by atoms with E-state index in [1.807, 2.05) is 39.0 Å². The van der Waals surface area contributed by atoms with Crippen LogP contribution in [0.1, 0.15) is 50.5 Å². The lowest BCUT2D eigenvalue weighted by Crippen LogP contribution is -2.28. The number of rotatable bonds is 4. The summed E-state index contributed by atoms with van der Waals surface area (Å²) in [6.07, 6.45) is 1.27. The van der Waals surface area contributed by atoms with Crippen molar-refractivity contribution in [3.05, 3.63) is 52.3 Å². The summed E-state index contributed by atoms with van der Waals surface area (Å²) in [4.78, 5) is 23.5. The Labute approximate surface area is 128 Å². The standard InChI is InChI=1S/C16H19N3O3/c1-9-5-6-12(10(2)7-9)11(3)18-15(20)13-8-17-19(4)14(13)16(21)22/h5-8,11H,1-4H3,(H,18,20)(H,21,22). The summed E-state index contributed by atoms with van der Waals surface area (Å²) in [5.41, 5.74) is 3.18. The summed E-state index contributed by atoms with van der Waals surface area (Å²) < 4.78 is 1.18. The van der Waals surface area contributed by atoms with Crippen LogP contribution in [0.25, 0.3) is 0 Å². The average molecular weight is 301 g/mol. The molecule has 6 heteroatoms. The van der Waals surface area contributed by atoms with Crippen LogP contribution in [0.3, 0.4) is 0 Å². The van der Waals surface area contributed by atoms with Crippen molar-refractivity contribution in [1.82, 2.24) is 15.1 Å². The quantitative estimate of drug-likeness (QED) is 0.907. The predicted molar refractivity (Wildman–Crippen MR) is 82.0 cm³/mol. The number of aryl methyl sites for hydroxylation is 3. The van der Waals surface area contributed by atoms with E-state index < -0.39 is 11.9 Å². The monoisotopic (exact) mass is 301 g/mol. The van der Waals surface area contributed by atoms with E-state index in [2.05, 4.69) is 10.4 Å². The van der Waals surface area contributed by atoms with Crippen molar-refractivity contribution in [1.29, 1.82) is 0 Å². The molecule has 0 fully saturated rings. The maximum atomic E-state index is 12.3. The molecule has 1 aromatic heterocycles. The molecule has 1 heterocycles. The van der Waals surface area contributed by atoms with Gasteiger partial charge in [0.25, 0.3) is 5.91 Å². The van der Waals surface area contributed by atoms with E-state index in [0.29, 0.717) is 0 Å². The van der Waals surface area contributed by atoms with Gasteiger partial charge in [-0.15, -0.1) is 0 Å². The largest absolute Gasteiger partial charge is 0.477 e. The zero-order chi connectivity index (χ0) is 16.4.